The molecule has 0 aliphatic carbocycles. The smallest absolute Gasteiger partial charge is 0.327 e. The number of benzene rings is 1. The maximum absolute atomic E-state index is 12.8. The van der Waals surface area contributed by atoms with Crippen LogP contribution in [0.4, 0.5) is 5.69 Å². The van der Waals surface area contributed by atoms with Crippen LogP contribution in [0.15, 0.2) is 34.6 Å². The fraction of sp³-hybridized carbons (Fsp3) is 0.471. The molecule has 1 fully saturated rings. The van der Waals surface area contributed by atoms with Crippen LogP contribution in [-0.2, 0) is 19.1 Å². The van der Waals surface area contributed by atoms with E-state index in [1.54, 1.807) is 19.1 Å². The number of esters is 1. The van der Waals surface area contributed by atoms with Crippen molar-refractivity contribution in [3.05, 3.63) is 29.8 Å². The second-order valence-electron chi connectivity index (χ2n) is 6.26. The molecule has 1 aromatic carbocycles. The van der Waals surface area contributed by atoms with Crippen LogP contribution in [0.1, 0.15) is 32.3 Å². The Hall–Kier alpha value is -2.77. The molecular formula is C17H20N4O4. The van der Waals surface area contributed by atoms with Crippen molar-refractivity contribution in [1.82, 2.24) is 5.01 Å². The highest BCUT2D eigenvalue weighted by atomic mass is 16.5. The second kappa shape index (κ2) is 6.62. The number of rotatable bonds is 5. The summed E-state index contributed by atoms with van der Waals surface area (Å²) in [6.07, 6.45) is 0. The molecule has 0 spiro atoms. The van der Waals surface area contributed by atoms with E-state index >= 15 is 0 Å². The predicted molar refractivity (Wildman–Crippen MR) is 88.8 cm³/mol. The Balaban J connectivity index is 1.81. The summed E-state index contributed by atoms with van der Waals surface area (Å²) in [5.74, 6) is -1.02. The minimum absolute atomic E-state index is 0.211. The molecule has 2 unspecified atom stereocenters. The standard InChI is InChI=1S/C17H20N4O4/c1-4-25-13(22)9-20-15-14(18-19-20)16(23)21(17(15)24)12-7-5-11(6-8-12)10(2)3/h5-8,10,14-15H,4,9H2,1-3H3. The molecule has 25 heavy (non-hydrogen) atoms. The van der Waals surface area contributed by atoms with Crippen molar-refractivity contribution in [1.29, 1.82) is 0 Å². The van der Waals surface area contributed by atoms with Gasteiger partial charge >= 0.3 is 5.97 Å². The van der Waals surface area contributed by atoms with E-state index in [-0.39, 0.29) is 13.2 Å². The third-order valence-electron chi connectivity index (χ3n) is 4.27. The van der Waals surface area contributed by atoms with E-state index in [4.69, 9.17) is 4.74 Å². The summed E-state index contributed by atoms with van der Waals surface area (Å²) >= 11 is 0. The molecule has 0 aromatic heterocycles. The van der Waals surface area contributed by atoms with E-state index in [1.807, 2.05) is 12.1 Å². The lowest BCUT2D eigenvalue weighted by atomic mass is 10.0. The molecule has 2 atom stereocenters. The maximum Gasteiger partial charge on any atom is 0.327 e. The molecule has 2 heterocycles. The van der Waals surface area contributed by atoms with Gasteiger partial charge in [-0.2, -0.15) is 5.11 Å². The quantitative estimate of drug-likeness (QED) is 0.598. The van der Waals surface area contributed by atoms with Crippen molar-refractivity contribution in [2.75, 3.05) is 18.1 Å². The van der Waals surface area contributed by atoms with Crippen molar-refractivity contribution >= 4 is 23.5 Å². The first kappa shape index (κ1) is 17.1. The number of fused-ring (bicyclic) bond motifs is 1. The fourth-order valence-corrected chi connectivity index (χ4v) is 2.96. The molecule has 0 saturated carbocycles. The lowest BCUT2D eigenvalue weighted by Gasteiger charge is -2.20. The summed E-state index contributed by atoms with van der Waals surface area (Å²) in [6.45, 7) is 5.86. The molecule has 1 aromatic rings. The van der Waals surface area contributed by atoms with Crippen molar-refractivity contribution in [2.24, 2.45) is 10.3 Å². The number of carbonyl (C=O) groups excluding carboxylic acids is 3. The number of anilines is 1. The van der Waals surface area contributed by atoms with Gasteiger partial charge in [0.2, 0.25) is 0 Å². The minimum Gasteiger partial charge on any atom is -0.465 e. The fourth-order valence-electron chi connectivity index (χ4n) is 2.96. The molecule has 2 amide bonds. The normalized spacial score (nSPS) is 22.1. The summed E-state index contributed by atoms with van der Waals surface area (Å²) < 4.78 is 4.87. The molecule has 2 aliphatic heterocycles. The average molecular weight is 344 g/mol. The lowest BCUT2D eigenvalue weighted by Crippen LogP contribution is -2.42. The van der Waals surface area contributed by atoms with Crippen molar-refractivity contribution in [2.45, 2.75) is 38.8 Å². The SMILES string of the molecule is CCOC(=O)CN1N=NC2C(=O)N(c3ccc(C(C)C)cc3)C(=O)C21. The third-order valence-corrected chi connectivity index (χ3v) is 4.27. The maximum atomic E-state index is 12.8. The van der Waals surface area contributed by atoms with Gasteiger partial charge in [-0.3, -0.25) is 19.4 Å². The van der Waals surface area contributed by atoms with Gasteiger partial charge in [0, 0.05) is 0 Å². The Kier molecular flexibility index (Phi) is 4.52. The van der Waals surface area contributed by atoms with Gasteiger partial charge in [-0.25, -0.2) is 4.90 Å². The van der Waals surface area contributed by atoms with E-state index in [9.17, 15) is 14.4 Å². The Bertz CT molecular complexity index is 729. The van der Waals surface area contributed by atoms with Crippen LogP contribution in [0.2, 0.25) is 0 Å². The average Bonchev–Trinajstić information content (AvgIpc) is 3.08. The number of nitrogens with zero attached hydrogens (tertiary/aromatic N) is 4. The van der Waals surface area contributed by atoms with Gasteiger partial charge in [-0.05, 0) is 30.5 Å². The van der Waals surface area contributed by atoms with E-state index in [0.29, 0.717) is 11.6 Å². The molecule has 2 aliphatic rings. The van der Waals surface area contributed by atoms with Gasteiger partial charge in [-0.15, -0.1) is 0 Å². The highest BCUT2D eigenvalue weighted by Crippen LogP contribution is 2.32. The van der Waals surface area contributed by atoms with E-state index < -0.39 is 29.9 Å². The summed E-state index contributed by atoms with van der Waals surface area (Å²) in [6, 6.07) is 5.49. The van der Waals surface area contributed by atoms with E-state index in [1.165, 1.54) is 5.01 Å². The third kappa shape index (κ3) is 2.99. The highest BCUT2D eigenvalue weighted by Gasteiger charge is 2.55. The van der Waals surface area contributed by atoms with Crippen molar-refractivity contribution < 1.29 is 19.1 Å². The first-order chi connectivity index (χ1) is 11.9. The Morgan fingerprint density at radius 3 is 2.48 bits per heavy atom. The number of hydrogen-bond acceptors (Lipinski definition) is 7. The van der Waals surface area contributed by atoms with Gasteiger partial charge in [0.05, 0.1) is 12.3 Å². The van der Waals surface area contributed by atoms with Gasteiger partial charge in [-0.1, -0.05) is 31.2 Å². The number of imide groups is 1. The van der Waals surface area contributed by atoms with Crippen LogP contribution in [0.5, 0.6) is 0 Å². The van der Waals surface area contributed by atoms with Crippen LogP contribution in [-0.4, -0.2) is 48.0 Å². The topological polar surface area (TPSA) is 91.6 Å². The van der Waals surface area contributed by atoms with Crippen LogP contribution in [0, 0.1) is 0 Å². The van der Waals surface area contributed by atoms with Gasteiger partial charge in [0.1, 0.15) is 6.54 Å². The number of hydrogen-bond donors (Lipinski definition) is 0. The zero-order valence-corrected chi connectivity index (χ0v) is 14.4. The molecule has 3 rings (SSSR count). The number of ether oxygens (including phenoxy) is 1. The zero-order chi connectivity index (χ0) is 18.1. The van der Waals surface area contributed by atoms with Gasteiger partial charge in [0.25, 0.3) is 11.8 Å². The van der Waals surface area contributed by atoms with Crippen LogP contribution < -0.4 is 4.90 Å². The minimum atomic E-state index is -0.910. The molecule has 0 bridgehead atoms. The van der Waals surface area contributed by atoms with E-state index in [2.05, 4.69) is 24.2 Å². The molecule has 0 radical (unpaired) electrons. The zero-order valence-electron chi connectivity index (χ0n) is 14.4. The number of amides is 2. The lowest BCUT2D eigenvalue weighted by molar-refractivity contribution is -0.145. The highest BCUT2D eigenvalue weighted by molar-refractivity contribution is 6.25. The summed E-state index contributed by atoms with van der Waals surface area (Å²) in [5.41, 5.74) is 1.62. The van der Waals surface area contributed by atoms with Crippen molar-refractivity contribution in [3.8, 4) is 0 Å². The summed E-state index contributed by atoms with van der Waals surface area (Å²) in [5, 5.41) is 8.90. The summed E-state index contributed by atoms with van der Waals surface area (Å²) in [4.78, 5) is 38.1. The Morgan fingerprint density at radius 2 is 1.88 bits per heavy atom. The van der Waals surface area contributed by atoms with Gasteiger partial charge < -0.3 is 4.74 Å². The molecular weight excluding hydrogens is 324 g/mol. The van der Waals surface area contributed by atoms with Crippen LogP contribution in [0.3, 0.4) is 0 Å². The number of carbonyl (C=O) groups is 3. The molecule has 8 heteroatoms. The molecule has 8 nitrogen and oxygen atoms in total. The van der Waals surface area contributed by atoms with Crippen molar-refractivity contribution in [3.63, 3.8) is 0 Å². The second-order valence-corrected chi connectivity index (χ2v) is 6.26. The largest absolute Gasteiger partial charge is 0.465 e. The van der Waals surface area contributed by atoms with E-state index in [0.717, 1.165) is 10.5 Å². The Morgan fingerprint density at radius 1 is 1.20 bits per heavy atom. The monoisotopic (exact) mass is 344 g/mol. The molecule has 132 valence electrons. The van der Waals surface area contributed by atoms with Gasteiger partial charge in [0.15, 0.2) is 12.1 Å². The van der Waals surface area contributed by atoms with Crippen LogP contribution in [0.25, 0.3) is 0 Å². The first-order valence-corrected chi connectivity index (χ1v) is 8.24. The predicted octanol–water partition coefficient (Wildman–Crippen LogP) is 1.67. The summed E-state index contributed by atoms with van der Waals surface area (Å²) in [7, 11) is 0. The molecule has 0 N–H and O–H groups in total. The van der Waals surface area contributed by atoms with Crippen LogP contribution >= 0.6 is 0 Å². The Labute approximate surface area is 145 Å². The molecule has 1 saturated heterocycles. The first-order valence-electron chi connectivity index (χ1n) is 8.24.